The summed E-state index contributed by atoms with van der Waals surface area (Å²) in [5.74, 6) is 0. The zero-order valence-corrected chi connectivity index (χ0v) is 12.2. The van der Waals surface area contributed by atoms with E-state index < -0.39 is 0 Å². The number of hydrogen-bond donors (Lipinski definition) is 0. The van der Waals surface area contributed by atoms with Crippen molar-refractivity contribution < 1.29 is 0 Å². The molecule has 0 aliphatic heterocycles. The molecule has 102 valence electrons. The van der Waals surface area contributed by atoms with Crippen molar-refractivity contribution in [3.63, 3.8) is 0 Å². The second-order valence-electron chi connectivity index (χ2n) is 4.86. The standard InChI is InChI=1S/C19H21N/c1-3-10-16(2)15-20-19(17-11-6-4-7-12-17)18-13-8-5-9-14-18/h4-15,19H,3H2,1-2H3/b16-10+,20-15?. The van der Waals surface area contributed by atoms with E-state index in [2.05, 4.69) is 68.5 Å². The second kappa shape index (κ2) is 7.44. The van der Waals surface area contributed by atoms with Gasteiger partial charge in [0.1, 0.15) is 0 Å². The van der Waals surface area contributed by atoms with Gasteiger partial charge in [0.25, 0.3) is 0 Å². The zero-order valence-electron chi connectivity index (χ0n) is 12.2. The van der Waals surface area contributed by atoms with Gasteiger partial charge in [0, 0.05) is 6.21 Å². The monoisotopic (exact) mass is 263 g/mol. The molecule has 20 heavy (non-hydrogen) atoms. The third-order valence-electron chi connectivity index (χ3n) is 3.18. The van der Waals surface area contributed by atoms with Crippen LogP contribution < -0.4 is 0 Å². The maximum atomic E-state index is 4.79. The summed E-state index contributed by atoms with van der Waals surface area (Å²) < 4.78 is 0. The summed E-state index contributed by atoms with van der Waals surface area (Å²) in [6, 6.07) is 20.9. The van der Waals surface area contributed by atoms with Crippen molar-refractivity contribution in [2.45, 2.75) is 26.3 Å². The Morgan fingerprint density at radius 2 is 1.45 bits per heavy atom. The fourth-order valence-corrected chi connectivity index (χ4v) is 2.20. The van der Waals surface area contributed by atoms with Gasteiger partial charge in [-0.1, -0.05) is 73.7 Å². The first kappa shape index (κ1) is 14.3. The summed E-state index contributed by atoms with van der Waals surface area (Å²) in [6.07, 6.45) is 5.21. The summed E-state index contributed by atoms with van der Waals surface area (Å²) >= 11 is 0. The van der Waals surface area contributed by atoms with Crippen molar-refractivity contribution in [2.24, 2.45) is 4.99 Å². The van der Waals surface area contributed by atoms with Gasteiger partial charge < -0.3 is 0 Å². The minimum Gasteiger partial charge on any atom is -0.280 e. The second-order valence-corrected chi connectivity index (χ2v) is 4.86. The van der Waals surface area contributed by atoms with Crippen LogP contribution in [0, 0.1) is 0 Å². The fourth-order valence-electron chi connectivity index (χ4n) is 2.20. The predicted octanol–water partition coefficient (Wildman–Crippen LogP) is 5.20. The molecule has 2 aromatic carbocycles. The van der Waals surface area contributed by atoms with Crippen LogP contribution in [0.3, 0.4) is 0 Å². The molecule has 2 rings (SSSR count). The van der Waals surface area contributed by atoms with E-state index in [0.717, 1.165) is 6.42 Å². The van der Waals surface area contributed by atoms with Crippen molar-refractivity contribution >= 4 is 6.21 Å². The van der Waals surface area contributed by atoms with Crippen LogP contribution in [0.15, 0.2) is 77.3 Å². The molecular weight excluding hydrogens is 242 g/mol. The lowest BCUT2D eigenvalue weighted by Gasteiger charge is -2.13. The van der Waals surface area contributed by atoms with Gasteiger partial charge in [-0.3, -0.25) is 4.99 Å². The lowest BCUT2D eigenvalue weighted by Crippen LogP contribution is -1.98. The summed E-state index contributed by atoms with van der Waals surface area (Å²) in [6.45, 7) is 4.24. The highest BCUT2D eigenvalue weighted by Gasteiger charge is 2.10. The highest BCUT2D eigenvalue weighted by Crippen LogP contribution is 2.25. The van der Waals surface area contributed by atoms with Crippen molar-refractivity contribution in [3.8, 4) is 0 Å². The number of nitrogens with zero attached hydrogens (tertiary/aromatic N) is 1. The van der Waals surface area contributed by atoms with E-state index in [1.54, 1.807) is 0 Å². The van der Waals surface area contributed by atoms with Crippen LogP contribution in [-0.2, 0) is 0 Å². The molecular formula is C19H21N. The fraction of sp³-hybridized carbons (Fsp3) is 0.211. The molecule has 0 saturated heterocycles. The van der Waals surface area contributed by atoms with Crippen molar-refractivity contribution in [3.05, 3.63) is 83.4 Å². The molecule has 0 saturated carbocycles. The smallest absolute Gasteiger partial charge is 0.0999 e. The largest absolute Gasteiger partial charge is 0.280 e. The molecule has 0 bridgehead atoms. The lowest BCUT2D eigenvalue weighted by atomic mass is 9.99. The first-order chi connectivity index (χ1) is 9.81. The Morgan fingerprint density at radius 1 is 0.950 bits per heavy atom. The van der Waals surface area contributed by atoms with Crippen molar-refractivity contribution in [2.75, 3.05) is 0 Å². The van der Waals surface area contributed by atoms with Crippen LogP contribution in [0.4, 0.5) is 0 Å². The molecule has 0 atom stereocenters. The van der Waals surface area contributed by atoms with Crippen LogP contribution in [0.25, 0.3) is 0 Å². The van der Waals surface area contributed by atoms with Gasteiger partial charge in [-0.2, -0.15) is 0 Å². The Bertz CT molecular complexity index is 528. The molecule has 0 aliphatic rings. The third-order valence-corrected chi connectivity index (χ3v) is 3.18. The molecule has 2 aromatic rings. The molecule has 0 spiro atoms. The van der Waals surface area contributed by atoms with E-state index in [9.17, 15) is 0 Å². The predicted molar refractivity (Wildman–Crippen MR) is 87.3 cm³/mol. The number of hydrogen-bond acceptors (Lipinski definition) is 1. The number of aliphatic imine (C=N–C) groups is 1. The molecule has 1 nitrogen and oxygen atoms in total. The molecule has 0 radical (unpaired) electrons. The van der Waals surface area contributed by atoms with Crippen molar-refractivity contribution in [1.82, 2.24) is 0 Å². The third kappa shape index (κ3) is 3.92. The first-order valence-corrected chi connectivity index (χ1v) is 7.11. The maximum absolute atomic E-state index is 4.79. The molecule has 0 N–H and O–H groups in total. The van der Waals surface area contributed by atoms with Gasteiger partial charge in [-0.15, -0.1) is 0 Å². The summed E-state index contributed by atoms with van der Waals surface area (Å²) in [7, 11) is 0. The Labute approximate surface area is 121 Å². The SMILES string of the molecule is CC/C=C(\C)C=NC(c1ccccc1)c1ccccc1. The molecule has 0 aromatic heterocycles. The normalized spacial score (nSPS) is 12.2. The van der Waals surface area contributed by atoms with E-state index in [1.807, 2.05) is 18.3 Å². The number of benzene rings is 2. The van der Waals surface area contributed by atoms with Crippen LogP contribution >= 0.6 is 0 Å². The molecule has 0 heterocycles. The highest BCUT2D eigenvalue weighted by atomic mass is 14.8. The average molecular weight is 263 g/mol. The highest BCUT2D eigenvalue weighted by molar-refractivity contribution is 5.78. The lowest BCUT2D eigenvalue weighted by molar-refractivity contribution is 0.877. The van der Waals surface area contributed by atoms with E-state index in [-0.39, 0.29) is 6.04 Å². The minimum absolute atomic E-state index is 0.0672. The quantitative estimate of drug-likeness (QED) is 0.657. The van der Waals surface area contributed by atoms with Gasteiger partial charge in [-0.25, -0.2) is 0 Å². The van der Waals surface area contributed by atoms with Crippen molar-refractivity contribution in [1.29, 1.82) is 0 Å². The Kier molecular flexibility index (Phi) is 5.31. The van der Waals surface area contributed by atoms with E-state index in [0.29, 0.717) is 0 Å². The number of rotatable bonds is 5. The Morgan fingerprint density at radius 3 is 1.90 bits per heavy atom. The minimum atomic E-state index is 0.0672. The van der Waals surface area contributed by atoms with Gasteiger partial charge in [0.15, 0.2) is 0 Å². The average Bonchev–Trinajstić information content (AvgIpc) is 2.50. The molecule has 0 fully saturated rings. The van der Waals surface area contributed by atoms with E-state index in [1.165, 1.54) is 16.7 Å². The summed E-state index contributed by atoms with van der Waals surface area (Å²) in [5, 5.41) is 0. The summed E-state index contributed by atoms with van der Waals surface area (Å²) in [5.41, 5.74) is 3.66. The van der Waals surface area contributed by atoms with Gasteiger partial charge in [-0.05, 0) is 30.0 Å². The summed E-state index contributed by atoms with van der Waals surface area (Å²) in [4.78, 5) is 4.79. The van der Waals surface area contributed by atoms with Gasteiger partial charge in [0.2, 0.25) is 0 Å². The maximum Gasteiger partial charge on any atom is 0.0999 e. The molecule has 1 heteroatoms. The van der Waals surface area contributed by atoms with E-state index >= 15 is 0 Å². The Balaban J connectivity index is 2.33. The van der Waals surface area contributed by atoms with Crippen LogP contribution in [-0.4, -0.2) is 6.21 Å². The molecule has 0 aliphatic carbocycles. The van der Waals surface area contributed by atoms with Crippen LogP contribution in [0.5, 0.6) is 0 Å². The Hall–Kier alpha value is -2.15. The molecule has 0 amide bonds. The van der Waals surface area contributed by atoms with Crippen LogP contribution in [0.1, 0.15) is 37.4 Å². The topological polar surface area (TPSA) is 12.4 Å². The van der Waals surface area contributed by atoms with Gasteiger partial charge in [0.05, 0.1) is 6.04 Å². The van der Waals surface area contributed by atoms with E-state index in [4.69, 9.17) is 4.99 Å². The first-order valence-electron chi connectivity index (χ1n) is 7.11. The zero-order chi connectivity index (χ0) is 14.2. The van der Waals surface area contributed by atoms with Gasteiger partial charge >= 0.3 is 0 Å². The number of allylic oxidation sites excluding steroid dienone is 2. The van der Waals surface area contributed by atoms with Crippen LogP contribution in [0.2, 0.25) is 0 Å². The molecule has 0 unspecified atom stereocenters.